The van der Waals surface area contributed by atoms with E-state index < -0.39 is 0 Å². The molecule has 0 radical (unpaired) electrons. The number of amides is 1. The molecule has 2 fully saturated rings. The number of nitrogens with one attached hydrogen (secondary N) is 1. The molecule has 3 rings (SSSR count). The van der Waals surface area contributed by atoms with Gasteiger partial charge in [-0.15, -0.1) is 0 Å². The van der Waals surface area contributed by atoms with Crippen LogP contribution in [0.5, 0.6) is 0 Å². The minimum atomic E-state index is 0.298. The highest BCUT2D eigenvalue weighted by Gasteiger charge is 2.28. The first-order chi connectivity index (χ1) is 10.2. The molecular formula is C16H26N4O. The first kappa shape index (κ1) is 14.6. The van der Waals surface area contributed by atoms with Crippen LogP contribution in [0.15, 0.2) is 12.4 Å². The van der Waals surface area contributed by atoms with E-state index in [0.717, 1.165) is 51.9 Å². The maximum Gasteiger partial charge on any atom is 0.223 e. The highest BCUT2D eigenvalue weighted by molar-refractivity contribution is 5.79. The maximum absolute atomic E-state index is 12.0. The second-order valence-electron chi connectivity index (χ2n) is 6.53. The first-order valence-corrected chi connectivity index (χ1v) is 8.22. The van der Waals surface area contributed by atoms with Crippen molar-refractivity contribution >= 4 is 5.91 Å². The van der Waals surface area contributed by atoms with Crippen LogP contribution in [0.25, 0.3) is 0 Å². The minimum absolute atomic E-state index is 0.298. The van der Waals surface area contributed by atoms with Crippen molar-refractivity contribution < 1.29 is 4.79 Å². The van der Waals surface area contributed by atoms with Gasteiger partial charge in [-0.2, -0.15) is 5.10 Å². The lowest BCUT2D eigenvalue weighted by Gasteiger charge is -2.34. The standard InChI is InChI=1S/C16H26N4O/c1-13-11-17-20(12-13)10-9-19-7-5-15(6-8-19)18-16(21)14-3-2-4-14/h11-12,14-15H,2-10H2,1H3,(H,18,21). The van der Waals surface area contributed by atoms with Gasteiger partial charge in [0.1, 0.15) is 0 Å². The van der Waals surface area contributed by atoms with Crippen molar-refractivity contribution in [1.82, 2.24) is 20.0 Å². The summed E-state index contributed by atoms with van der Waals surface area (Å²) in [6.07, 6.45) is 9.56. The van der Waals surface area contributed by atoms with Crippen LogP contribution in [0.3, 0.4) is 0 Å². The topological polar surface area (TPSA) is 50.2 Å². The predicted molar refractivity (Wildman–Crippen MR) is 81.9 cm³/mol. The summed E-state index contributed by atoms with van der Waals surface area (Å²) < 4.78 is 2.01. The molecule has 0 atom stereocenters. The summed E-state index contributed by atoms with van der Waals surface area (Å²) in [5.74, 6) is 0.609. The van der Waals surface area contributed by atoms with E-state index in [4.69, 9.17) is 0 Å². The number of hydrogen-bond donors (Lipinski definition) is 1. The Balaban J connectivity index is 1.35. The van der Waals surface area contributed by atoms with Crippen LogP contribution in [0, 0.1) is 12.8 Å². The third kappa shape index (κ3) is 3.84. The van der Waals surface area contributed by atoms with Gasteiger partial charge in [-0.3, -0.25) is 9.48 Å². The molecule has 0 bridgehead atoms. The second kappa shape index (κ2) is 6.60. The zero-order valence-electron chi connectivity index (χ0n) is 12.9. The summed E-state index contributed by atoms with van der Waals surface area (Å²) >= 11 is 0. The van der Waals surface area contributed by atoms with Gasteiger partial charge in [0, 0.05) is 37.8 Å². The quantitative estimate of drug-likeness (QED) is 0.895. The van der Waals surface area contributed by atoms with E-state index in [9.17, 15) is 4.79 Å². The number of piperidine rings is 1. The molecule has 116 valence electrons. The monoisotopic (exact) mass is 290 g/mol. The summed E-state index contributed by atoms with van der Waals surface area (Å²) in [6.45, 7) is 6.23. The summed E-state index contributed by atoms with van der Waals surface area (Å²) in [7, 11) is 0. The number of aryl methyl sites for hydroxylation is 1. The van der Waals surface area contributed by atoms with Gasteiger partial charge < -0.3 is 10.2 Å². The molecule has 1 amide bonds. The molecule has 0 spiro atoms. The SMILES string of the molecule is Cc1cnn(CCN2CCC(NC(=O)C3CCC3)CC2)c1. The van der Waals surface area contributed by atoms with Crippen LogP contribution in [-0.2, 0) is 11.3 Å². The van der Waals surface area contributed by atoms with E-state index in [1.807, 2.05) is 10.9 Å². The molecule has 1 N–H and O–H groups in total. The second-order valence-corrected chi connectivity index (χ2v) is 6.53. The molecule has 2 aliphatic rings. The van der Waals surface area contributed by atoms with Crippen LogP contribution in [0.1, 0.15) is 37.7 Å². The predicted octanol–water partition coefficient (Wildman–Crippen LogP) is 1.57. The van der Waals surface area contributed by atoms with Crippen molar-refractivity contribution in [2.75, 3.05) is 19.6 Å². The normalized spacial score (nSPS) is 21.2. The third-order valence-corrected chi connectivity index (χ3v) is 4.82. The van der Waals surface area contributed by atoms with Gasteiger partial charge >= 0.3 is 0 Å². The number of aromatic nitrogens is 2. The lowest BCUT2D eigenvalue weighted by Crippen LogP contribution is -2.47. The van der Waals surface area contributed by atoms with Crippen molar-refractivity contribution in [2.24, 2.45) is 5.92 Å². The van der Waals surface area contributed by atoms with Crippen molar-refractivity contribution in [3.8, 4) is 0 Å². The average Bonchev–Trinajstić information content (AvgIpc) is 2.82. The molecule has 0 aromatic carbocycles. The number of hydrogen-bond acceptors (Lipinski definition) is 3. The molecule has 1 aliphatic carbocycles. The van der Waals surface area contributed by atoms with Crippen molar-refractivity contribution in [3.63, 3.8) is 0 Å². The molecule has 5 nitrogen and oxygen atoms in total. The van der Waals surface area contributed by atoms with Gasteiger partial charge in [-0.25, -0.2) is 0 Å². The highest BCUT2D eigenvalue weighted by Crippen LogP contribution is 2.26. The number of carbonyl (C=O) groups is 1. The van der Waals surface area contributed by atoms with Crippen LogP contribution >= 0.6 is 0 Å². The van der Waals surface area contributed by atoms with Gasteiger partial charge in [0.2, 0.25) is 5.91 Å². The van der Waals surface area contributed by atoms with E-state index >= 15 is 0 Å². The molecule has 5 heteroatoms. The lowest BCUT2D eigenvalue weighted by molar-refractivity contribution is -0.128. The lowest BCUT2D eigenvalue weighted by atomic mass is 9.84. The fraction of sp³-hybridized carbons (Fsp3) is 0.750. The third-order valence-electron chi connectivity index (χ3n) is 4.82. The fourth-order valence-corrected chi connectivity index (χ4v) is 3.12. The van der Waals surface area contributed by atoms with Gasteiger partial charge in [0.05, 0.1) is 12.7 Å². The summed E-state index contributed by atoms with van der Waals surface area (Å²) in [4.78, 5) is 14.4. The van der Waals surface area contributed by atoms with Gasteiger partial charge in [-0.1, -0.05) is 6.42 Å². The zero-order chi connectivity index (χ0) is 14.7. The Kier molecular flexibility index (Phi) is 4.58. The van der Waals surface area contributed by atoms with Gasteiger partial charge in [0.25, 0.3) is 0 Å². The molecule has 21 heavy (non-hydrogen) atoms. The summed E-state index contributed by atoms with van der Waals surface area (Å²) in [6, 6.07) is 0.390. The Morgan fingerprint density at radius 1 is 1.29 bits per heavy atom. The van der Waals surface area contributed by atoms with Crippen LogP contribution in [0.2, 0.25) is 0 Å². The van der Waals surface area contributed by atoms with E-state index in [2.05, 4.69) is 28.4 Å². The van der Waals surface area contributed by atoms with Gasteiger partial charge in [0.15, 0.2) is 0 Å². The first-order valence-electron chi connectivity index (χ1n) is 8.22. The van der Waals surface area contributed by atoms with Crippen molar-refractivity contribution in [2.45, 2.75) is 51.6 Å². The van der Waals surface area contributed by atoms with Crippen LogP contribution in [0.4, 0.5) is 0 Å². The molecule has 1 aromatic heterocycles. The molecular weight excluding hydrogens is 264 g/mol. The number of rotatable bonds is 5. The molecule has 1 saturated heterocycles. The molecule has 1 saturated carbocycles. The zero-order valence-corrected chi connectivity index (χ0v) is 12.9. The van der Waals surface area contributed by atoms with Crippen molar-refractivity contribution in [3.05, 3.63) is 18.0 Å². The Labute approximate surface area is 126 Å². The van der Waals surface area contributed by atoms with Gasteiger partial charge in [-0.05, 0) is 38.2 Å². The molecule has 1 aliphatic heterocycles. The number of likely N-dealkylation sites (tertiary alicyclic amines) is 1. The molecule has 0 unspecified atom stereocenters. The van der Waals surface area contributed by atoms with E-state index in [-0.39, 0.29) is 0 Å². The Morgan fingerprint density at radius 3 is 2.62 bits per heavy atom. The van der Waals surface area contributed by atoms with Crippen molar-refractivity contribution in [1.29, 1.82) is 0 Å². The Hall–Kier alpha value is -1.36. The molecule has 2 heterocycles. The largest absolute Gasteiger partial charge is 0.353 e. The average molecular weight is 290 g/mol. The van der Waals surface area contributed by atoms with Crippen LogP contribution in [-0.4, -0.2) is 46.3 Å². The van der Waals surface area contributed by atoms with E-state index in [1.54, 1.807) is 0 Å². The number of carbonyl (C=O) groups excluding carboxylic acids is 1. The number of nitrogens with zero attached hydrogens (tertiary/aromatic N) is 3. The van der Waals surface area contributed by atoms with E-state index in [0.29, 0.717) is 17.9 Å². The highest BCUT2D eigenvalue weighted by atomic mass is 16.2. The Bertz CT molecular complexity index is 472. The molecule has 1 aromatic rings. The van der Waals surface area contributed by atoms with Crippen LogP contribution < -0.4 is 5.32 Å². The summed E-state index contributed by atoms with van der Waals surface area (Å²) in [5, 5.41) is 7.56. The minimum Gasteiger partial charge on any atom is -0.353 e. The fourth-order valence-electron chi connectivity index (χ4n) is 3.12. The Morgan fingerprint density at radius 2 is 2.05 bits per heavy atom. The smallest absolute Gasteiger partial charge is 0.223 e. The van der Waals surface area contributed by atoms with E-state index in [1.165, 1.54) is 12.0 Å². The maximum atomic E-state index is 12.0. The summed E-state index contributed by atoms with van der Waals surface area (Å²) in [5.41, 5.74) is 1.22.